The van der Waals surface area contributed by atoms with E-state index < -0.39 is 0 Å². The average Bonchev–Trinajstić information content (AvgIpc) is 2.99. The fourth-order valence-corrected chi connectivity index (χ4v) is 3.42. The standard InChI is InChI=1S/C21H17BrFN3O/c1-13-10-19(27-12-15-8-9-16(22)11-18(15)23)24-21-20(13)14(2)25-26(21)17-6-4-3-5-7-17/h3-11H,12H2,1-2H3. The topological polar surface area (TPSA) is 39.9 Å². The zero-order chi connectivity index (χ0) is 19.0. The highest BCUT2D eigenvalue weighted by atomic mass is 79.9. The first-order chi connectivity index (χ1) is 13.0. The van der Waals surface area contributed by atoms with Crippen LogP contribution in [-0.2, 0) is 6.61 Å². The van der Waals surface area contributed by atoms with Crippen molar-refractivity contribution in [1.82, 2.24) is 14.8 Å². The zero-order valence-electron chi connectivity index (χ0n) is 14.9. The van der Waals surface area contributed by atoms with E-state index in [1.165, 1.54) is 6.07 Å². The van der Waals surface area contributed by atoms with Crippen molar-refractivity contribution in [3.05, 3.63) is 81.7 Å². The Morgan fingerprint density at radius 3 is 2.59 bits per heavy atom. The van der Waals surface area contributed by atoms with E-state index in [0.29, 0.717) is 15.9 Å². The number of ether oxygens (including phenoxy) is 1. The van der Waals surface area contributed by atoms with Gasteiger partial charge in [-0.3, -0.25) is 0 Å². The Morgan fingerprint density at radius 1 is 1.07 bits per heavy atom. The summed E-state index contributed by atoms with van der Waals surface area (Å²) in [6, 6.07) is 16.6. The molecule has 6 heteroatoms. The van der Waals surface area contributed by atoms with Crippen LogP contribution in [0, 0.1) is 19.7 Å². The van der Waals surface area contributed by atoms with E-state index in [2.05, 4.69) is 26.0 Å². The molecule has 0 saturated heterocycles. The normalized spacial score (nSPS) is 11.1. The first kappa shape index (κ1) is 17.7. The van der Waals surface area contributed by atoms with Gasteiger partial charge in [0.25, 0.3) is 0 Å². The molecule has 0 N–H and O–H groups in total. The molecule has 2 heterocycles. The lowest BCUT2D eigenvalue weighted by Gasteiger charge is -2.09. The molecule has 4 rings (SSSR count). The zero-order valence-corrected chi connectivity index (χ0v) is 16.5. The van der Waals surface area contributed by atoms with Crippen LogP contribution in [0.5, 0.6) is 5.88 Å². The Bertz CT molecular complexity index is 1130. The first-order valence-corrected chi connectivity index (χ1v) is 9.31. The van der Waals surface area contributed by atoms with Gasteiger partial charge in [-0.25, -0.2) is 9.07 Å². The van der Waals surface area contributed by atoms with Crippen LogP contribution < -0.4 is 4.74 Å². The maximum absolute atomic E-state index is 14.0. The Labute approximate surface area is 164 Å². The maximum atomic E-state index is 14.0. The van der Waals surface area contributed by atoms with Gasteiger partial charge in [-0.15, -0.1) is 0 Å². The van der Waals surface area contributed by atoms with Gasteiger partial charge < -0.3 is 4.74 Å². The summed E-state index contributed by atoms with van der Waals surface area (Å²) in [5.41, 5.74) is 4.06. The van der Waals surface area contributed by atoms with Gasteiger partial charge in [0.15, 0.2) is 5.65 Å². The third-order valence-corrected chi connectivity index (χ3v) is 4.87. The van der Waals surface area contributed by atoms with Gasteiger partial charge in [-0.2, -0.15) is 10.1 Å². The van der Waals surface area contributed by atoms with Crippen molar-refractivity contribution in [2.24, 2.45) is 0 Å². The average molecular weight is 426 g/mol. The number of halogens is 2. The van der Waals surface area contributed by atoms with Gasteiger partial charge in [0.2, 0.25) is 5.88 Å². The van der Waals surface area contributed by atoms with Gasteiger partial charge in [0, 0.05) is 21.5 Å². The summed E-state index contributed by atoms with van der Waals surface area (Å²) < 4.78 is 22.3. The van der Waals surface area contributed by atoms with Crippen molar-refractivity contribution >= 4 is 27.0 Å². The van der Waals surface area contributed by atoms with Crippen molar-refractivity contribution in [3.8, 4) is 11.6 Å². The SMILES string of the molecule is Cc1cc(OCc2ccc(Br)cc2F)nc2c1c(C)nn2-c1ccccc1. The number of rotatable bonds is 4. The lowest BCUT2D eigenvalue weighted by atomic mass is 10.1. The summed E-state index contributed by atoms with van der Waals surface area (Å²) in [6.45, 7) is 4.07. The minimum Gasteiger partial charge on any atom is -0.473 e. The number of pyridine rings is 1. The van der Waals surface area contributed by atoms with E-state index in [1.807, 2.05) is 54.9 Å². The van der Waals surface area contributed by atoms with Crippen molar-refractivity contribution in [2.45, 2.75) is 20.5 Å². The minimum absolute atomic E-state index is 0.107. The highest BCUT2D eigenvalue weighted by molar-refractivity contribution is 9.10. The van der Waals surface area contributed by atoms with E-state index in [0.717, 1.165) is 28.0 Å². The first-order valence-electron chi connectivity index (χ1n) is 8.52. The summed E-state index contributed by atoms with van der Waals surface area (Å²) in [5.74, 6) is 0.131. The molecule has 4 nitrogen and oxygen atoms in total. The molecule has 0 atom stereocenters. The summed E-state index contributed by atoms with van der Waals surface area (Å²) in [4.78, 5) is 4.64. The Kier molecular flexibility index (Phi) is 4.66. The van der Waals surface area contributed by atoms with Crippen LogP contribution in [0.3, 0.4) is 0 Å². The van der Waals surface area contributed by atoms with Crippen LogP contribution in [0.4, 0.5) is 4.39 Å². The largest absolute Gasteiger partial charge is 0.473 e. The van der Waals surface area contributed by atoms with Crippen molar-refractivity contribution in [2.75, 3.05) is 0 Å². The maximum Gasteiger partial charge on any atom is 0.215 e. The van der Waals surface area contributed by atoms with Crippen molar-refractivity contribution < 1.29 is 9.13 Å². The van der Waals surface area contributed by atoms with Crippen molar-refractivity contribution in [1.29, 1.82) is 0 Å². The van der Waals surface area contributed by atoms with Crippen LogP contribution in [0.2, 0.25) is 0 Å². The fourth-order valence-electron chi connectivity index (χ4n) is 3.09. The Hall–Kier alpha value is -2.73. The monoisotopic (exact) mass is 425 g/mol. The third-order valence-electron chi connectivity index (χ3n) is 4.38. The second kappa shape index (κ2) is 7.12. The molecule has 0 unspecified atom stereocenters. The smallest absolute Gasteiger partial charge is 0.215 e. The van der Waals surface area contributed by atoms with Crippen LogP contribution in [0.15, 0.2) is 59.1 Å². The molecule has 0 amide bonds. The van der Waals surface area contributed by atoms with Crippen LogP contribution >= 0.6 is 15.9 Å². The number of para-hydroxylation sites is 1. The molecule has 0 spiro atoms. The molecule has 0 aliphatic rings. The molecule has 4 aromatic rings. The molecular formula is C21H17BrFN3O. The lowest BCUT2D eigenvalue weighted by molar-refractivity contribution is 0.288. The van der Waals surface area contributed by atoms with E-state index in [9.17, 15) is 4.39 Å². The molecule has 0 aliphatic carbocycles. The number of aromatic nitrogens is 3. The molecule has 0 radical (unpaired) electrons. The predicted molar refractivity (Wildman–Crippen MR) is 107 cm³/mol. The molecule has 2 aromatic heterocycles. The quantitative estimate of drug-likeness (QED) is 0.432. The molecule has 0 aliphatic heterocycles. The number of nitrogens with zero attached hydrogens (tertiary/aromatic N) is 3. The molecule has 2 aromatic carbocycles. The predicted octanol–water partition coefficient (Wildman–Crippen LogP) is 5.52. The molecule has 136 valence electrons. The van der Waals surface area contributed by atoms with Crippen molar-refractivity contribution in [3.63, 3.8) is 0 Å². The number of hydrogen-bond donors (Lipinski definition) is 0. The third kappa shape index (κ3) is 3.45. The summed E-state index contributed by atoms with van der Waals surface area (Å²) >= 11 is 3.26. The van der Waals surface area contributed by atoms with Gasteiger partial charge >= 0.3 is 0 Å². The van der Waals surface area contributed by atoms with E-state index in [1.54, 1.807) is 12.1 Å². The minimum atomic E-state index is -0.313. The van der Waals surface area contributed by atoms with E-state index in [-0.39, 0.29) is 12.4 Å². The summed E-state index contributed by atoms with van der Waals surface area (Å²) in [7, 11) is 0. The van der Waals surface area contributed by atoms with Crippen LogP contribution in [0.1, 0.15) is 16.8 Å². The Morgan fingerprint density at radius 2 is 1.85 bits per heavy atom. The van der Waals surface area contributed by atoms with Gasteiger partial charge in [-0.05, 0) is 43.7 Å². The van der Waals surface area contributed by atoms with Gasteiger partial charge in [0.05, 0.1) is 11.4 Å². The lowest BCUT2D eigenvalue weighted by Crippen LogP contribution is -2.02. The summed E-state index contributed by atoms with van der Waals surface area (Å²) in [6.07, 6.45) is 0. The number of aryl methyl sites for hydroxylation is 2. The fraction of sp³-hybridized carbons (Fsp3) is 0.143. The highest BCUT2D eigenvalue weighted by Crippen LogP contribution is 2.27. The number of fused-ring (bicyclic) bond motifs is 1. The number of benzene rings is 2. The highest BCUT2D eigenvalue weighted by Gasteiger charge is 2.15. The molecule has 0 saturated carbocycles. The Balaban J connectivity index is 1.72. The second-order valence-corrected chi connectivity index (χ2v) is 7.25. The molecule has 0 fully saturated rings. The second-order valence-electron chi connectivity index (χ2n) is 6.33. The number of hydrogen-bond acceptors (Lipinski definition) is 3. The molecule has 27 heavy (non-hydrogen) atoms. The van der Waals surface area contributed by atoms with Gasteiger partial charge in [0.1, 0.15) is 12.4 Å². The summed E-state index contributed by atoms with van der Waals surface area (Å²) in [5, 5.41) is 5.64. The van der Waals surface area contributed by atoms with Crippen LogP contribution in [0.25, 0.3) is 16.7 Å². The van der Waals surface area contributed by atoms with Crippen LogP contribution in [-0.4, -0.2) is 14.8 Å². The van der Waals surface area contributed by atoms with Gasteiger partial charge in [-0.1, -0.05) is 40.2 Å². The molecule has 0 bridgehead atoms. The molecular weight excluding hydrogens is 409 g/mol. The van der Waals surface area contributed by atoms with E-state index >= 15 is 0 Å². The van der Waals surface area contributed by atoms with E-state index in [4.69, 9.17) is 4.74 Å².